The zero-order chi connectivity index (χ0) is 9.30. The Balaban J connectivity index is 2.87. The first-order chi connectivity index (χ1) is 5.52. The van der Waals surface area contributed by atoms with E-state index in [0.717, 1.165) is 0 Å². The van der Waals surface area contributed by atoms with Gasteiger partial charge < -0.3 is 18.6 Å². The molecule has 0 aromatic rings. The molecule has 0 bridgehead atoms. The first-order valence-electron chi connectivity index (χ1n) is 2.74. The molecule has 1 heterocycles. The second-order valence-corrected chi connectivity index (χ2v) is 2.64. The van der Waals surface area contributed by atoms with E-state index in [2.05, 4.69) is 8.37 Å². The van der Waals surface area contributed by atoms with E-state index >= 15 is 0 Å². The highest BCUT2D eigenvalue weighted by atomic mass is 32.2. The molecule has 68 valence electrons. The van der Waals surface area contributed by atoms with E-state index in [-0.39, 0.29) is 0 Å². The van der Waals surface area contributed by atoms with Crippen LogP contribution < -0.4 is 0 Å². The summed E-state index contributed by atoms with van der Waals surface area (Å²) in [4.78, 5) is 21.0. The molecular formula is C4H4O7S. The van der Waals surface area contributed by atoms with Gasteiger partial charge in [-0.1, -0.05) is 0 Å². The summed E-state index contributed by atoms with van der Waals surface area (Å²) < 4.78 is 18.1. The Morgan fingerprint density at radius 2 is 1.42 bits per heavy atom. The summed E-state index contributed by atoms with van der Waals surface area (Å²) in [5.41, 5.74) is 0. The molecule has 1 aliphatic rings. The van der Waals surface area contributed by atoms with Crippen LogP contribution in [0.2, 0.25) is 0 Å². The van der Waals surface area contributed by atoms with Crippen molar-refractivity contribution in [1.82, 2.24) is 0 Å². The van der Waals surface area contributed by atoms with E-state index < -0.39 is 35.5 Å². The van der Waals surface area contributed by atoms with Crippen LogP contribution in [0.1, 0.15) is 0 Å². The van der Waals surface area contributed by atoms with Crippen LogP contribution in [0.4, 0.5) is 0 Å². The number of aliphatic hydroxyl groups is 2. The molecule has 1 saturated heterocycles. The highest BCUT2D eigenvalue weighted by Gasteiger charge is 2.39. The molecule has 1 fully saturated rings. The summed E-state index contributed by atoms with van der Waals surface area (Å²) in [5.74, 6) is -2.74. The van der Waals surface area contributed by atoms with Crippen molar-refractivity contribution in [3.8, 4) is 0 Å². The van der Waals surface area contributed by atoms with E-state index in [1.165, 1.54) is 0 Å². The number of hydrogen-bond donors (Lipinski definition) is 2. The van der Waals surface area contributed by atoms with Gasteiger partial charge in [-0.15, -0.1) is 0 Å². The maximum absolute atomic E-state index is 10.5. The number of carbonyl (C=O) groups excluding carboxylic acids is 2. The summed E-state index contributed by atoms with van der Waals surface area (Å²) >= 11 is -2.58. The van der Waals surface area contributed by atoms with Gasteiger partial charge in [-0.3, -0.25) is 0 Å². The third kappa shape index (κ3) is 1.60. The predicted molar refractivity (Wildman–Crippen MR) is 32.3 cm³/mol. The number of hydrogen-bond acceptors (Lipinski definition) is 7. The van der Waals surface area contributed by atoms with E-state index in [0.29, 0.717) is 0 Å². The fraction of sp³-hybridized carbons (Fsp3) is 0.500. The lowest BCUT2D eigenvalue weighted by Gasteiger charge is -2.05. The van der Waals surface area contributed by atoms with Gasteiger partial charge >= 0.3 is 23.3 Å². The van der Waals surface area contributed by atoms with Crippen LogP contribution in [-0.2, 0) is 29.3 Å². The molecule has 1 rings (SSSR count). The van der Waals surface area contributed by atoms with Crippen LogP contribution >= 0.6 is 0 Å². The van der Waals surface area contributed by atoms with Crippen molar-refractivity contribution in [3.63, 3.8) is 0 Å². The van der Waals surface area contributed by atoms with Gasteiger partial charge in [0, 0.05) is 0 Å². The largest absolute Gasteiger partial charge is 0.423 e. The average molecular weight is 196 g/mol. The minimum Gasteiger partial charge on any atom is -0.379 e. The molecule has 0 saturated carbocycles. The summed E-state index contributed by atoms with van der Waals surface area (Å²) in [6.07, 6.45) is -4.10. The zero-order valence-electron chi connectivity index (χ0n) is 5.50. The first kappa shape index (κ1) is 9.10. The highest BCUT2D eigenvalue weighted by molar-refractivity contribution is 7.76. The quantitative estimate of drug-likeness (QED) is 0.436. The Morgan fingerprint density at radius 1 is 1.08 bits per heavy atom. The number of carbonyl (C=O) groups is 2. The Bertz CT molecular complexity index is 224. The monoisotopic (exact) mass is 196 g/mol. The number of rotatable bonds is 0. The normalized spacial score (nSPS) is 36.7. The Labute approximate surface area is 68.8 Å². The van der Waals surface area contributed by atoms with Crippen molar-refractivity contribution in [2.45, 2.75) is 12.2 Å². The van der Waals surface area contributed by atoms with Crippen molar-refractivity contribution in [3.05, 3.63) is 0 Å². The van der Waals surface area contributed by atoms with Gasteiger partial charge in [-0.25, -0.2) is 9.59 Å². The summed E-state index contributed by atoms with van der Waals surface area (Å²) in [6, 6.07) is 0. The fourth-order valence-electron chi connectivity index (χ4n) is 0.508. The van der Waals surface area contributed by atoms with Gasteiger partial charge in [0.1, 0.15) is 0 Å². The van der Waals surface area contributed by atoms with E-state index in [4.69, 9.17) is 10.2 Å². The second-order valence-electron chi connectivity index (χ2n) is 1.90. The Kier molecular flexibility index (Phi) is 2.40. The van der Waals surface area contributed by atoms with Crippen LogP contribution in [0.25, 0.3) is 0 Å². The molecule has 12 heavy (non-hydrogen) atoms. The molecule has 0 radical (unpaired) electrons. The van der Waals surface area contributed by atoms with Gasteiger partial charge in [0.2, 0.25) is 0 Å². The molecule has 0 amide bonds. The van der Waals surface area contributed by atoms with Crippen LogP contribution in [0.5, 0.6) is 0 Å². The molecule has 2 N–H and O–H groups in total. The minimum atomic E-state index is -2.58. The first-order valence-corrected chi connectivity index (χ1v) is 3.74. The molecule has 1 aliphatic heterocycles. The zero-order valence-corrected chi connectivity index (χ0v) is 6.32. The smallest absolute Gasteiger partial charge is 0.379 e. The minimum absolute atomic E-state index is 1.37. The SMILES string of the molecule is O=C1OS(=O)OC(=O)C(O)C1O. The van der Waals surface area contributed by atoms with Crippen LogP contribution in [0.3, 0.4) is 0 Å². The molecule has 0 aromatic heterocycles. The molecule has 2 unspecified atom stereocenters. The lowest BCUT2D eigenvalue weighted by atomic mass is 10.2. The lowest BCUT2D eigenvalue weighted by molar-refractivity contribution is -0.156. The van der Waals surface area contributed by atoms with Gasteiger partial charge in [-0.05, 0) is 0 Å². The fourth-order valence-corrected chi connectivity index (χ4v) is 1.01. The van der Waals surface area contributed by atoms with Crippen LogP contribution in [-0.4, -0.2) is 38.6 Å². The molecule has 0 aromatic carbocycles. The van der Waals surface area contributed by atoms with Gasteiger partial charge in [-0.2, -0.15) is 4.21 Å². The van der Waals surface area contributed by atoms with E-state index in [1.807, 2.05) is 0 Å². The Hall–Kier alpha value is -0.990. The standard InChI is InChI=1S/C4H4O7S/c5-1-2(6)4(8)11-12(9)10-3(1)7/h1-2,5-6H. The summed E-state index contributed by atoms with van der Waals surface area (Å²) in [7, 11) is 0. The topological polar surface area (TPSA) is 110 Å². The Morgan fingerprint density at radius 3 is 1.75 bits per heavy atom. The molecular weight excluding hydrogens is 192 g/mol. The highest BCUT2D eigenvalue weighted by Crippen LogP contribution is 2.07. The van der Waals surface area contributed by atoms with Crippen LogP contribution in [0.15, 0.2) is 0 Å². The molecule has 0 aliphatic carbocycles. The van der Waals surface area contributed by atoms with Crippen molar-refractivity contribution < 1.29 is 32.4 Å². The average Bonchev–Trinajstić information content (AvgIpc) is 2.05. The summed E-state index contributed by atoms with van der Waals surface area (Å²) in [6.45, 7) is 0. The third-order valence-electron chi connectivity index (χ3n) is 1.08. The van der Waals surface area contributed by atoms with Crippen molar-refractivity contribution in [2.75, 3.05) is 0 Å². The van der Waals surface area contributed by atoms with Crippen molar-refractivity contribution >= 4 is 23.3 Å². The number of aliphatic hydroxyl groups excluding tert-OH is 2. The third-order valence-corrected chi connectivity index (χ3v) is 1.68. The van der Waals surface area contributed by atoms with Crippen molar-refractivity contribution in [2.24, 2.45) is 0 Å². The molecule has 0 spiro atoms. The molecule has 2 atom stereocenters. The van der Waals surface area contributed by atoms with Gasteiger partial charge in [0.05, 0.1) is 0 Å². The second kappa shape index (κ2) is 3.17. The predicted octanol–water partition coefficient (Wildman–Crippen LogP) is -2.61. The molecule has 7 nitrogen and oxygen atoms in total. The van der Waals surface area contributed by atoms with Crippen LogP contribution in [0, 0.1) is 0 Å². The maximum Gasteiger partial charge on any atom is 0.423 e. The van der Waals surface area contributed by atoms with E-state index in [1.54, 1.807) is 0 Å². The molecule has 8 heteroatoms. The van der Waals surface area contributed by atoms with E-state index in [9.17, 15) is 13.8 Å². The lowest BCUT2D eigenvalue weighted by Crippen LogP contribution is -2.38. The van der Waals surface area contributed by atoms with Gasteiger partial charge in [0.25, 0.3) is 0 Å². The van der Waals surface area contributed by atoms with Crippen molar-refractivity contribution in [1.29, 1.82) is 0 Å². The summed E-state index contributed by atoms with van der Waals surface area (Å²) in [5, 5.41) is 17.5. The maximum atomic E-state index is 10.5. The van der Waals surface area contributed by atoms with Gasteiger partial charge in [0.15, 0.2) is 12.2 Å².